The van der Waals surface area contributed by atoms with E-state index in [9.17, 15) is 19.2 Å². The Bertz CT molecular complexity index is 1680. The van der Waals surface area contributed by atoms with E-state index in [1.807, 2.05) is 80.6 Å². The van der Waals surface area contributed by atoms with Gasteiger partial charge in [0.1, 0.15) is 0 Å². The van der Waals surface area contributed by atoms with Crippen molar-refractivity contribution in [2.45, 2.75) is 25.7 Å². The molecule has 1 saturated heterocycles. The molecule has 0 spiro atoms. The lowest BCUT2D eigenvalue weighted by Gasteiger charge is -2.45. The maximum Gasteiger partial charge on any atom is 0.340 e. The van der Waals surface area contributed by atoms with Gasteiger partial charge in [-0.2, -0.15) is 0 Å². The molecule has 4 aliphatic rings. The van der Waals surface area contributed by atoms with E-state index in [1.54, 1.807) is 18.2 Å². The first-order valence-electron chi connectivity index (χ1n) is 14.0. The second-order valence-corrected chi connectivity index (χ2v) is 11.3. The highest BCUT2D eigenvalue weighted by Gasteiger charge is 2.62. The van der Waals surface area contributed by atoms with Crippen LogP contribution in [0.5, 0.6) is 0 Å². The number of imide groups is 1. The minimum absolute atomic E-state index is 0.0550. The Morgan fingerprint density at radius 1 is 0.714 bits per heavy atom. The highest BCUT2D eigenvalue weighted by Crippen LogP contribution is 2.61. The molecule has 0 saturated carbocycles. The predicted octanol–water partition coefficient (Wildman–Crippen LogP) is 5.50. The van der Waals surface area contributed by atoms with E-state index in [0.29, 0.717) is 5.69 Å². The molecule has 2 bridgehead atoms. The van der Waals surface area contributed by atoms with E-state index < -0.39 is 30.3 Å². The molecule has 0 radical (unpaired) electrons. The van der Waals surface area contributed by atoms with Crippen molar-refractivity contribution in [2.24, 2.45) is 11.8 Å². The fourth-order valence-corrected chi connectivity index (χ4v) is 7.21. The van der Waals surface area contributed by atoms with Gasteiger partial charge in [-0.25, -0.2) is 9.69 Å². The summed E-state index contributed by atoms with van der Waals surface area (Å²) in [6.07, 6.45) is 0. The first kappa shape index (κ1) is 25.9. The zero-order valence-corrected chi connectivity index (χ0v) is 23.2. The Morgan fingerprint density at radius 2 is 1.19 bits per heavy atom. The maximum atomic E-state index is 14.1. The molecule has 1 N–H and O–H groups in total. The maximum absolute atomic E-state index is 14.1. The smallest absolute Gasteiger partial charge is 0.340 e. The molecule has 8 rings (SSSR count). The van der Waals surface area contributed by atoms with E-state index in [0.717, 1.165) is 33.4 Å². The average Bonchev–Trinajstić information content (AvgIpc) is 3.25. The molecule has 4 aromatic carbocycles. The zero-order valence-electron chi connectivity index (χ0n) is 23.2. The Balaban J connectivity index is 1.17. The third-order valence-electron chi connectivity index (χ3n) is 8.65. The fraction of sp³-hybridized carbons (Fsp3) is 0.200. The topological polar surface area (TPSA) is 92.8 Å². The molecule has 1 fully saturated rings. The summed E-state index contributed by atoms with van der Waals surface area (Å²) in [5, 5.41) is 2.75. The van der Waals surface area contributed by atoms with E-state index in [-0.39, 0.29) is 34.9 Å². The molecule has 2 atom stereocenters. The summed E-state index contributed by atoms with van der Waals surface area (Å²) >= 11 is 0. The number of hydrogen-bond acceptors (Lipinski definition) is 5. The van der Waals surface area contributed by atoms with Crippen LogP contribution in [0, 0.1) is 25.7 Å². The van der Waals surface area contributed by atoms with Gasteiger partial charge in [-0.1, -0.05) is 66.7 Å². The molecule has 0 aromatic heterocycles. The van der Waals surface area contributed by atoms with Gasteiger partial charge in [0.15, 0.2) is 6.61 Å². The fourth-order valence-electron chi connectivity index (χ4n) is 7.21. The molecule has 0 unspecified atom stereocenters. The Hall–Kier alpha value is -5.04. The molecule has 4 aromatic rings. The summed E-state index contributed by atoms with van der Waals surface area (Å²) in [5.41, 5.74) is 7.14. The summed E-state index contributed by atoms with van der Waals surface area (Å²) < 4.78 is 5.37. The molecule has 1 aliphatic heterocycles. The number of para-hydroxylation sites is 1. The summed E-state index contributed by atoms with van der Waals surface area (Å²) in [7, 11) is 0. The van der Waals surface area contributed by atoms with Crippen LogP contribution in [0.25, 0.3) is 0 Å². The second kappa shape index (κ2) is 9.80. The molecule has 7 heteroatoms. The number of rotatable bonds is 5. The standard InChI is InChI=1S/C35H28N2O5/c1-19-15-20(2)17-21(16-19)36-28(38)18-42-35(41)26-13-7-8-14-27(26)37-33(39)31-29-22-9-3-4-10-23(22)30(32(31)34(37)40)25-12-6-5-11-24(25)29/h3-17,29-32H,18H2,1-2H3,(H,36,38)/t29?,30?,31-,32+. The lowest BCUT2D eigenvalue weighted by atomic mass is 9.55. The van der Waals surface area contributed by atoms with Gasteiger partial charge < -0.3 is 10.1 Å². The lowest BCUT2D eigenvalue weighted by Crippen LogP contribution is -2.41. The third kappa shape index (κ3) is 3.96. The normalized spacial score (nSPS) is 21.4. The van der Waals surface area contributed by atoms with Crippen molar-refractivity contribution in [1.29, 1.82) is 0 Å². The summed E-state index contributed by atoms with van der Waals surface area (Å²) in [6, 6.07) is 28.2. The zero-order chi connectivity index (χ0) is 29.1. The Morgan fingerprint density at radius 3 is 1.71 bits per heavy atom. The SMILES string of the molecule is Cc1cc(C)cc(NC(=O)COC(=O)c2ccccc2N2C(=O)[C@@H]3C4c5ccccc5C(c5ccccc54)[C@@H]3C2=O)c1. The van der Waals surface area contributed by atoms with Crippen molar-refractivity contribution < 1.29 is 23.9 Å². The van der Waals surface area contributed by atoms with Gasteiger partial charge in [0.2, 0.25) is 11.8 Å². The number of amides is 3. The van der Waals surface area contributed by atoms with Crippen LogP contribution in [0.1, 0.15) is 55.6 Å². The number of esters is 1. The minimum atomic E-state index is -0.786. The number of hydrogen-bond donors (Lipinski definition) is 1. The molecular weight excluding hydrogens is 528 g/mol. The monoisotopic (exact) mass is 556 g/mol. The van der Waals surface area contributed by atoms with Gasteiger partial charge in [0.25, 0.3) is 5.91 Å². The van der Waals surface area contributed by atoms with Gasteiger partial charge in [-0.05, 0) is 71.5 Å². The van der Waals surface area contributed by atoms with Crippen molar-refractivity contribution in [3.8, 4) is 0 Å². The second-order valence-electron chi connectivity index (χ2n) is 11.3. The lowest BCUT2D eigenvalue weighted by molar-refractivity contribution is -0.122. The van der Waals surface area contributed by atoms with Gasteiger partial charge in [0.05, 0.1) is 23.1 Å². The Labute approximate surface area is 243 Å². The third-order valence-corrected chi connectivity index (χ3v) is 8.65. The van der Waals surface area contributed by atoms with Crippen LogP contribution in [0.3, 0.4) is 0 Å². The molecular formula is C35H28N2O5. The van der Waals surface area contributed by atoms with Gasteiger partial charge in [-0.15, -0.1) is 0 Å². The number of ether oxygens (including phenoxy) is 1. The van der Waals surface area contributed by atoms with Crippen molar-refractivity contribution in [2.75, 3.05) is 16.8 Å². The van der Waals surface area contributed by atoms with Crippen LogP contribution in [0.4, 0.5) is 11.4 Å². The highest BCUT2D eigenvalue weighted by atomic mass is 16.5. The predicted molar refractivity (Wildman–Crippen MR) is 157 cm³/mol. The summed E-state index contributed by atoms with van der Waals surface area (Å²) in [5.74, 6) is -3.55. The van der Waals surface area contributed by atoms with Crippen LogP contribution in [0.15, 0.2) is 91.0 Å². The molecule has 7 nitrogen and oxygen atoms in total. The number of aryl methyl sites for hydroxylation is 2. The largest absolute Gasteiger partial charge is 0.452 e. The average molecular weight is 557 g/mol. The first-order chi connectivity index (χ1) is 20.3. The summed E-state index contributed by atoms with van der Waals surface area (Å²) in [6.45, 7) is 3.35. The quantitative estimate of drug-likeness (QED) is 0.259. The highest BCUT2D eigenvalue weighted by molar-refractivity contribution is 6.25. The van der Waals surface area contributed by atoms with Crippen molar-refractivity contribution in [3.05, 3.63) is 130 Å². The van der Waals surface area contributed by atoms with Crippen LogP contribution in [0.2, 0.25) is 0 Å². The number of nitrogens with zero attached hydrogens (tertiary/aromatic N) is 1. The molecule has 208 valence electrons. The van der Waals surface area contributed by atoms with Crippen molar-refractivity contribution in [3.63, 3.8) is 0 Å². The number of nitrogens with one attached hydrogen (secondary N) is 1. The molecule has 3 amide bonds. The van der Waals surface area contributed by atoms with Crippen LogP contribution in [-0.2, 0) is 19.1 Å². The number of carbonyl (C=O) groups is 4. The van der Waals surface area contributed by atoms with E-state index in [2.05, 4.69) is 5.32 Å². The summed E-state index contributed by atoms with van der Waals surface area (Å²) in [4.78, 5) is 55.3. The van der Waals surface area contributed by atoms with Crippen molar-refractivity contribution in [1.82, 2.24) is 0 Å². The molecule has 42 heavy (non-hydrogen) atoms. The number of carbonyl (C=O) groups excluding carboxylic acids is 4. The van der Waals surface area contributed by atoms with Crippen molar-refractivity contribution >= 4 is 35.1 Å². The molecule has 3 aliphatic carbocycles. The van der Waals surface area contributed by atoms with Crippen LogP contribution < -0.4 is 10.2 Å². The van der Waals surface area contributed by atoms with Crippen LogP contribution >= 0.6 is 0 Å². The number of anilines is 2. The molecule has 1 heterocycles. The first-order valence-corrected chi connectivity index (χ1v) is 14.0. The van der Waals surface area contributed by atoms with E-state index in [4.69, 9.17) is 4.74 Å². The van der Waals surface area contributed by atoms with E-state index >= 15 is 0 Å². The van der Waals surface area contributed by atoms with Gasteiger partial charge in [-0.3, -0.25) is 14.4 Å². The van der Waals surface area contributed by atoms with Gasteiger partial charge >= 0.3 is 5.97 Å². The van der Waals surface area contributed by atoms with Gasteiger partial charge in [0, 0.05) is 17.5 Å². The minimum Gasteiger partial charge on any atom is -0.452 e. The Kier molecular flexibility index (Phi) is 6.04. The number of benzene rings is 4. The van der Waals surface area contributed by atoms with E-state index in [1.165, 1.54) is 11.0 Å². The van der Waals surface area contributed by atoms with Crippen LogP contribution in [-0.4, -0.2) is 30.3 Å².